The van der Waals surface area contributed by atoms with E-state index in [1.165, 1.54) is 12.1 Å². The average Bonchev–Trinajstić information content (AvgIpc) is 3.31. The molecule has 3 aromatic carbocycles. The van der Waals surface area contributed by atoms with Crippen molar-refractivity contribution in [3.8, 4) is 17.2 Å². The van der Waals surface area contributed by atoms with Crippen molar-refractivity contribution in [1.82, 2.24) is 10.3 Å². The minimum Gasteiger partial charge on any atom is -0.493 e. The lowest BCUT2D eigenvalue weighted by Crippen LogP contribution is -2.25. The van der Waals surface area contributed by atoms with Crippen LogP contribution in [0.25, 0.3) is 11.5 Å². The molecule has 3 N–H and O–H groups in total. The highest BCUT2D eigenvalue weighted by Gasteiger charge is 2.17. The topological polar surface area (TPSA) is 139 Å². The number of carboxylic acid groups (broad SMARTS) is 2. The smallest absolute Gasteiger partial charge is 0.336 e. The molecule has 0 aliphatic carbocycles. The van der Waals surface area contributed by atoms with E-state index in [-0.39, 0.29) is 30.5 Å². The molecule has 9 nitrogen and oxygen atoms in total. The molecule has 9 heteroatoms. The first kappa shape index (κ1) is 27.1. The van der Waals surface area contributed by atoms with Gasteiger partial charge in [0.25, 0.3) is 5.91 Å². The number of carbonyl (C=O) groups is 3. The van der Waals surface area contributed by atoms with Crippen molar-refractivity contribution in [2.24, 2.45) is 0 Å². The number of aliphatic carboxylic acids is 1. The molecule has 0 spiro atoms. The highest BCUT2D eigenvalue weighted by Crippen LogP contribution is 2.23. The Balaban J connectivity index is 1.44. The molecule has 0 aliphatic rings. The maximum absolute atomic E-state index is 12.8. The van der Waals surface area contributed by atoms with Crippen molar-refractivity contribution in [3.63, 3.8) is 0 Å². The first-order valence-corrected chi connectivity index (χ1v) is 12.4. The van der Waals surface area contributed by atoms with E-state index in [0.717, 1.165) is 16.8 Å². The van der Waals surface area contributed by atoms with Gasteiger partial charge in [-0.2, -0.15) is 0 Å². The van der Waals surface area contributed by atoms with Crippen molar-refractivity contribution >= 4 is 17.8 Å². The van der Waals surface area contributed by atoms with Crippen LogP contribution in [-0.2, 0) is 24.2 Å². The molecular weight excluding hydrogens is 500 g/mol. The molecule has 39 heavy (non-hydrogen) atoms. The van der Waals surface area contributed by atoms with Crippen molar-refractivity contribution in [3.05, 3.63) is 107 Å². The van der Waals surface area contributed by atoms with Gasteiger partial charge in [0.1, 0.15) is 11.5 Å². The van der Waals surface area contributed by atoms with Gasteiger partial charge in [0, 0.05) is 24.9 Å². The lowest BCUT2D eigenvalue weighted by molar-refractivity contribution is -0.136. The van der Waals surface area contributed by atoms with Crippen molar-refractivity contribution in [1.29, 1.82) is 0 Å². The Bertz CT molecular complexity index is 1480. The maximum Gasteiger partial charge on any atom is 0.336 e. The Morgan fingerprint density at radius 1 is 0.897 bits per heavy atom. The summed E-state index contributed by atoms with van der Waals surface area (Å²) < 4.78 is 11.8. The molecule has 0 fully saturated rings. The molecule has 0 bridgehead atoms. The summed E-state index contributed by atoms with van der Waals surface area (Å²) in [4.78, 5) is 40.0. The molecular formula is C30H28N2O7. The summed E-state index contributed by atoms with van der Waals surface area (Å²) in [6, 6.07) is 20.9. The third kappa shape index (κ3) is 7.10. The van der Waals surface area contributed by atoms with E-state index >= 15 is 0 Å². The number of nitrogens with one attached hydrogen (secondary N) is 1. The minimum absolute atomic E-state index is 0.0438. The number of benzene rings is 3. The summed E-state index contributed by atoms with van der Waals surface area (Å²) >= 11 is 0. The number of aryl methyl sites for hydroxylation is 2. The van der Waals surface area contributed by atoms with Crippen LogP contribution in [0.1, 0.15) is 49.7 Å². The van der Waals surface area contributed by atoms with E-state index in [1.54, 1.807) is 30.3 Å². The van der Waals surface area contributed by atoms with Crippen LogP contribution in [0.2, 0.25) is 0 Å². The Morgan fingerprint density at radius 3 is 2.33 bits per heavy atom. The summed E-state index contributed by atoms with van der Waals surface area (Å²) in [6.45, 7) is 2.25. The summed E-state index contributed by atoms with van der Waals surface area (Å²) in [6.07, 6.45) is 0.714. The first-order chi connectivity index (χ1) is 18.8. The van der Waals surface area contributed by atoms with Crippen LogP contribution in [0, 0.1) is 6.92 Å². The fourth-order valence-electron chi connectivity index (χ4n) is 4.11. The fourth-order valence-corrected chi connectivity index (χ4v) is 4.11. The van der Waals surface area contributed by atoms with Crippen LogP contribution in [0.3, 0.4) is 0 Å². The molecule has 0 saturated carbocycles. The van der Waals surface area contributed by atoms with E-state index in [1.807, 2.05) is 37.3 Å². The lowest BCUT2D eigenvalue weighted by Gasteiger charge is -2.14. The highest BCUT2D eigenvalue weighted by atomic mass is 16.5. The number of aromatic nitrogens is 1. The van der Waals surface area contributed by atoms with Gasteiger partial charge in [-0.05, 0) is 60.9 Å². The summed E-state index contributed by atoms with van der Waals surface area (Å²) in [5.41, 5.74) is 3.05. The van der Waals surface area contributed by atoms with Crippen molar-refractivity contribution in [2.45, 2.75) is 32.7 Å². The van der Waals surface area contributed by atoms with E-state index in [4.69, 9.17) is 14.3 Å². The molecule has 1 amide bonds. The zero-order valence-electron chi connectivity index (χ0n) is 21.3. The standard InChI is InChI=1S/C30H28N2O7/c1-19-26(32-29(39-19)21-7-3-2-4-8-21)15-16-38-23-13-11-20(12-14-27(33)34)22(17-23)18-31-28(35)24-9-5-6-10-25(24)30(36)37/h2-11,13,17H,12,14-16,18H2,1H3,(H,31,35)(H,33,34)(H,36,37). The number of nitrogens with zero attached hydrogens (tertiary/aromatic N) is 1. The summed E-state index contributed by atoms with van der Waals surface area (Å²) in [5, 5.41) is 21.3. The molecule has 4 rings (SSSR count). The van der Waals surface area contributed by atoms with Crippen LogP contribution < -0.4 is 10.1 Å². The number of carboxylic acids is 2. The van der Waals surface area contributed by atoms with Gasteiger partial charge in [0.05, 0.1) is 23.4 Å². The first-order valence-electron chi connectivity index (χ1n) is 12.4. The average molecular weight is 529 g/mol. The predicted molar refractivity (Wildman–Crippen MR) is 143 cm³/mol. The van der Waals surface area contributed by atoms with E-state index < -0.39 is 17.8 Å². The lowest BCUT2D eigenvalue weighted by atomic mass is 10.0. The second-order valence-electron chi connectivity index (χ2n) is 8.84. The van der Waals surface area contributed by atoms with Gasteiger partial charge in [-0.25, -0.2) is 9.78 Å². The van der Waals surface area contributed by atoms with E-state index in [9.17, 15) is 19.5 Å². The van der Waals surface area contributed by atoms with Crippen LogP contribution >= 0.6 is 0 Å². The van der Waals surface area contributed by atoms with Crippen LogP contribution in [0.15, 0.2) is 77.2 Å². The third-order valence-electron chi connectivity index (χ3n) is 6.15. The van der Waals surface area contributed by atoms with Gasteiger partial charge in [0.15, 0.2) is 0 Å². The molecule has 1 heterocycles. The number of amides is 1. The Labute approximate surface area is 225 Å². The SMILES string of the molecule is Cc1oc(-c2ccccc2)nc1CCOc1ccc(CCC(=O)O)c(CNC(=O)c2ccccc2C(=O)O)c1. The van der Waals surface area contributed by atoms with Crippen molar-refractivity contribution < 1.29 is 33.8 Å². The van der Waals surface area contributed by atoms with Crippen molar-refractivity contribution in [2.75, 3.05) is 6.61 Å². The second kappa shape index (κ2) is 12.6. The van der Waals surface area contributed by atoms with Gasteiger partial charge in [-0.15, -0.1) is 0 Å². The normalized spacial score (nSPS) is 10.7. The second-order valence-corrected chi connectivity index (χ2v) is 8.84. The number of carbonyl (C=O) groups excluding carboxylic acids is 1. The van der Waals surface area contributed by atoms with Gasteiger partial charge in [-0.1, -0.05) is 36.4 Å². The zero-order chi connectivity index (χ0) is 27.8. The monoisotopic (exact) mass is 528 g/mol. The highest BCUT2D eigenvalue weighted by molar-refractivity contribution is 6.04. The fraction of sp³-hybridized carbons (Fsp3) is 0.200. The van der Waals surface area contributed by atoms with Crippen LogP contribution in [0.5, 0.6) is 5.75 Å². The van der Waals surface area contributed by atoms with Gasteiger partial charge in [0.2, 0.25) is 5.89 Å². The predicted octanol–water partition coefficient (Wildman–Crippen LogP) is 4.92. The Morgan fingerprint density at radius 2 is 1.62 bits per heavy atom. The summed E-state index contributed by atoms with van der Waals surface area (Å²) in [5.74, 6) is -0.858. The Kier molecular flexibility index (Phi) is 8.73. The van der Waals surface area contributed by atoms with Crippen LogP contribution in [0.4, 0.5) is 0 Å². The maximum atomic E-state index is 12.8. The molecule has 1 aromatic heterocycles. The van der Waals surface area contributed by atoms with Gasteiger partial charge in [-0.3, -0.25) is 9.59 Å². The molecule has 200 valence electrons. The molecule has 0 aliphatic heterocycles. The zero-order valence-corrected chi connectivity index (χ0v) is 21.3. The number of rotatable bonds is 12. The van der Waals surface area contributed by atoms with Gasteiger partial charge >= 0.3 is 11.9 Å². The molecule has 0 radical (unpaired) electrons. The number of oxazole rings is 1. The largest absolute Gasteiger partial charge is 0.493 e. The number of ether oxygens (including phenoxy) is 1. The quantitative estimate of drug-likeness (QED) is 0.236. The minimum atomic E-state index is -1.20. The molecule has 0 saturated heterocycles. The van der Waals surface area contributed by atoms with Gasteiger partial charge < -0.3 is 24.7 Å². The molecule has 0 unspecified atom stereocenters. The van der Waals surface area contributed by atoms with E-state index in [2.05, 4.69) is 10.3 Å². The Hall–Kier alpha value is -4.92. The number of hydrogen-bond acceptors (Lipinski definition) is 6. The number of hydrogen-bond donors (Lipinski definition) is 3. The van der Waals surface area contributed by atoms with Crippen LogP contribution in [-0.4, -0.2) is 39.6 Å². The molecule has 0 atom stereocenters. The molecule has 4 aromatic rings. The number of aromatic carboxylic acids is 1. The summed E-state index contributed by atoms with van der Waals surface area (Å²) in [7, 11) is 0. The van der Waals surface area contributed by atoms with E-state index in [0.29, 0.717) is 36.0 Å². The third-order valence-corrected chi connectivity index (χ3v) is 6.15.